The van der Waals surface area contributed by atoms with Crippen molar-refractivity contribution < 1.29 is 38.2 Å². The molecule has 0 saturated carbocycles. The van der Waals surface area contributed by atoms with E-state index in [-0.39, 0.29) is 95.3 Å². The summed E-state index contributed by atoms with van der Waals surface area (Å²) in [4.78, 5) is 86.6. The summed E-state index contributed by atoms with van der Waals surface area (Å²) in [6.45, 7) is 13.1. The molecule has 2 aromatic carbocycles. The van der Waals surface area contributed by atoms with Gasteiger partial charge in [-0.15, -0.1) is 48.3 Å². The smallest absolute Gasteiger partial charge is 0.246 e. The van der Waals surface area contributed by atoms with Crippen molar-refractivity contribution in [3.63, 3.8) is 0 Å². The van der Waals surface area contributed by atoms with Crippen molar-refractivity contribution in [3.8, 4) is 0 Å². The Morgan fingerprint density at radius 1 is 0.562 bits per heavy atom. The molecule has 4 heterocycles. The third-order valence-corrected chi connectivity index (χ3v) is 20.0. The molecule has 16 nitrogen and oxygen atoms in total. The Morgan fingerprint density at radius 2 is 0.912 bits per heavy atom. The fourth-order valence-corrected chi connectivity index (χ4v) is 16.0. The minimum atomic E-state index is -0.677. The highest BCUT2D eigenvalue weighted by molar-refractivity contribution is 8.00. The van der Waals surface area contributed by atoms with Gasteiger partial charge in [-0.25, -0.2) is 0 Å². The second-order valence-electron chi connectivity index (χ2n) is 24.2. The van der Waals surface area contributed by atoms with Crippen molar-refractivity contribution >= 4 is 83.8 Å². The maximum atomic E-state index is 14.5. The molecule has 8 rings (SSSR count). The largest absolute Gasteiger partial charge is 0.375 e. The first-order valence-electron chi connectivity index (χ1n) is 29.3. The molecule has 6 N–H and O–H groups in total. The molecule has 0 radical (unpaired) electrons. The Kier molecular flexibility index (Phi) is 24.4. The van der Waals surface area contributed by atoms with E-state index in [2.05, 4.69) is 83.9 Å². The third kappa shape index (κ3) is 15.4. The fraction of sp³-hybridized carbons (Fsp3) is 0.700. The number of carbonyl (C=O) groups is 6. The molecule has 6 amide bonds. The van der Waals surface area contributed by atoms with Crippen LogP contribution in [0.25, 0.3) is 0 Å². The van der Waals surface area contributed by atoms with Crippen LogP contribution in [0, 0.1) is 10.8 Å². The van der Waals surface area contributed by atoms with E-state index >= 15 is 0 Å². The van der Waals surface area contributed by atoms with E-state index in [9.17, 15) is 28.8 Å². The topological polar surface area (TPSA) is 200 Å². The number of hydrogen-bond donors (Lipinski definition) is 6. The first-order chi connectivity index (χ1) is 37.4. The van der Waals surface area contributed by atoms with Crippen molar-refractivity contribution in [3.05, 3.63) is 70.8 Å². The highest BCUT2D eigenvalue weighted by Crippen LogP contribution is 2.49. The van der Waals surface area contributed by atoms with Crippen LogP contribution >= 0.6 is 48.3 Å². The van der Waals surface area contributed by atoms with E-state index in [1.165, 1.54) is 36.8 Å². The van der Waals surface area contributed by atoms with Gasteiger partial charge in [0.15, 0.2) is 0 Å². The molecule has 0 bridgehead atoms. The van der Waals surface area contributed by atoms with E-state index in [4.69, 9.17) is 9.47 Å². The second kappa shape index (κ2) is 29.8. The van der Waals surface area contributed by atoms with Crippen LogP contribution in [0.2, 0.25) is 0 Å². The SMILES string of the molecule is CN[C@@H](C)C(=O)N[C@H]1CCS[C@H]2CC(C)(C)[C@@H](C(=O)N[C@H]3c4ccccc4C[C@H]3OCCCCCCCCCCCCO[C@@H]3Cc4ccccc4[C@@H]3NC(=O)[C@H]3N4C(=O)[C@@H](NC(=O)[C@H](C)NC)CCS[C@H]4CC3(C)C)N2C1=O.Cl.Cl. The van der Waals surface area contributed by atoms with Gasteiger partial charge in [0.05, 0.1) is 47.1 Å². The van der Waals surface area contributed by atoms with E-state index < -0.39 is 47.1 Å². The average Bonchev–Trinajstić information content (AvgIpc) is 4.20. The number of benzene rings is 2. The van der Waals surface area contributed by atoms with E-state index in [0.717, 1.165) is 74.0 Å². The van der Waals surface area contributed by atoms with Crippen LogP contribution in [-0.4, -0.2) is 143 Å². The van der Waals surface area contributed by atoms with Gasteiger partial charge in [-0.3, -0.25) is 28.8 Å². The lowest BCUT2D eigenvalue weighted by Crippen LogP contribution is -2.58. The van der Waals surface area contributed by atoms with Gasteiger partial charge in [0.25, 0.3) is 0 Å². The molecule has 2 aliphatic carbocycles. The molecule has 20 heteroatoms. The molecule has 6 aliphatic rings. The average molecular weight is 1190 g/mol. The molecule has 2 aromatic rings. The molecule has 4 fully saturated rings. The number of carbonyl (C=O) groups excluding carboxylic acids is 6. The highest BCUT2D eigenvalue weighted by Gasteiger charge is 2.57. The first-order valence-corrected chi connectivity index (χ1v) is 31.4. The maximum Gasteiger partial charge on any atom is 0.246 e. The van der Waals surface area contributed by atoms with Crippen molar-refractivity contribution in [2.45, 2.75) is 216 Å². The van der Waals surface area contributed by atoms with Crippen LogP contribution in [0.1, 0.15) is 166 Å². The van der Waals surface area contributed by atoms with Crippen LogP contribution in [0.4, 0.5) is 0 Å². The number of likely N-dealkylation sites (N-methyl/N-ethyl adjacent to an activating group) is 2. The molecule has 80 heavy (non-hydrogen) atoms. The molecule has 12 atom stereocenters. The molecular weight excluding hydrogens is 1100 g/mol. The van der Waals surface area contributed by atoms with Crippen LogP contribution < -0.4 is 31.9 Å². The lowest BCUT2D eigenvalue weighted by atomic mass is 9.83. The summed E-state index contributed by atoms with van der Waals surface area (Å²) in [6, 6.07) is 12.3. The Balaban J connectivity index is 0.00000516. The number of nitrogens with one attached hydrogen (secondary N) is 6. The minimum absolute atomic E-state index is 0. The number of unbranched alkanes of at least 4 members (excludes halogenated alkanes) is 9. The second-order valence-corrected chi connectivity index (χ2v) is 26.8. The zero-order valence-electron chi connectivity index (χ0n) is 48.5. The lowest BCUT2D eigenvalue weighted by molar-refractivity contribution is -0.144. The van der Waals surface area contributed by atoms with Crippen molar-refractivity contribution in [1.29, 1.82) is 0 Å². The summed E-state index contributed by atoms with van der Waals surface area (Å²) in [5, 5.41) is 18.3. The number of hydrogen-bond acceptors (Lipinski definition) is 12. The Hall–Kier alpha value is -3.62. The standard InChI is InChI=1S/C60H90N8O8S2.2ClH/c1-37(61-7)53(69)63-43-27-31-77-47-35-59(3,4)51(67(47)57(43)73)55(71)65-49-41-25-19-17-23-39(41)33-45(49)75-29-21-15-13-11-9-10-12-14-16-22-30-76-46-34-40-24-18-20-26-42(40)50(46)66-56(72)52-60(5,6)36-48-68(52)58(74)44(28-32-78-48)64-54(70)38(2)62-8;;/h17-20,23-26,37-38,43-52,61-62H,9-16,21-22,27-36H2,1-8H3,(H,63,69)(H,64,70)(H,65,71)(H,66,72);2*1H/t37-,38-,43-,44-,45+,46+,47-,48-,49-,50-,51+,52+;;/m0../s1. The first kappa shape index (κ1) is 65.5. The van der Waals surface area contributed by atoms with Gasteiger partial charge in [-0.2, -0.15) is 0 Å². The lowest BCUT2D eigenvalue weighted by Gasteiger charge is -2.35. The molecule has 4 aliphatic heterocycles. The van der Waals surface area contributed by atoms with E-state index in [1.807, 2.05) is 24.3 Å². The third-order valence-electron chi connectivity index (χ3n) is 17.5. The van der Waals surface area contributed by atoms with Gasteiger partial charge in [-0.1, -0.05) is 128 Å². The quantitative estimate of drug-likeness (QED) is 0.0531. The summed E-state index contributed by atoms with van der Waals surface area (Å²) in [5.74, 6) is 0.286. The number of amides is 6. The van der Waals surface area contributed by atoms with Gasteiger partial charge in [-0.05, 0) is 111 Å². The van der Waals surface area contributed by atoms with Crippen molar-refractivity contribution in [2.24, 2.45) is 10.8 Å². The van der Waals surface area contributed by atoms with E-state index in [0.29, 0.717) is 38.9 Å². The van der Waals surface area contributed by atoms with Gasteiger partial charge in [0, 0.05) is 26.1 Å². The van der Waals surface area contributed by atoms with Gasteiger partial charge >= 0.3 is 0 Å². The molecule has 446 valence electrons. The zero-order valence-corrected chi connectivity index (χ0v) is 51.7. The van der Waals surface area contributed by atoms with Gasteiger partial charge in [0.2, 0.25) is 35.4 Å². The Labute approximate surface area is 497 Å². The Morgan fingerprint density at radius 3 is 1.27 bits per heavy atom. The van der Waals surface area contributed by atoms with E-state index in [1.54, 1.807) is 61.3 Å². The summed E-state index contributed by atoms with van der Waals surface area (Å²) < 4.78 is 13.2. The fourth-order valence-electron chi connectivity index (χ4n) is 12.9. The number of halogens is 2. The van der Waals surface area contributed by atoms with Crippen LogP contribution in [0.15, 0.2) is 48.5 Å². The number of nitrogens with zero attached hydrogens (tertiary/aromatic N) is 2. The van der Waals surface area contributed by atoms with Crippen molar-refractivity contribution in [1.82, 2.24) is 41.7 Å². The van der Waals surface area contributed by atoms with Crippen molar-refractivity contribution in [2.75, 3.05) is 38.8 Å². The van der Waals surface area contributed by atoms with Crippen LogP contribution in [-0.2, 0) is 51.1 Å². The predicted octanol–water partition coefficient (Wildman–Crippen LogP) is 7.69. The molecule has 0 spiro atoms. The normalized spacial score (nSPS) is 27.9. The summed E-state index contributed by atoms with van der Waals surface area (Å²) >= 11 is 3.40. The van der Waals surface area contributed by atoms with Crippen LogP contribution in [0.3, 0.4) is 0 Å². The Bertz CT molecular complexity index is 2280. The maximum absolute atomic E-state index is 14.5. The monoisotopic (exact) mass is 1190 g/mol. The minimum Gasteiger partial charge on any atom is -0.375 e. The molecule has 0 aromatic heterocycles. The number of rotatable bonds is 25. The zero-order chi connectivity index (χ0) is 55.7. The van der Waals surface area contributed by atoms with Gasteiger partial charge in [0.1, 0.15) is 24.2 Å². The summed E-state index contributed by atoms with van der Waals surface area (Å²) in [5.41, 5.74) is 3.58. The highest BCUT2D eigenvalue weighted by atomic mass is 35.5. The number of thioether (sulfide) groups is 2. The number of fused-ring (bicyclic) bond motifs is 4. The summed E-state index contributed by atoms with van der Waals surface area (Å²) in [6.07, 6.45) is 14.7. The summed E-state index contributed by atoms with van der Waals surface area (Å²) in [7, 11) is 3.44. The molecule has 0 unspecified atom stereocenters. The number of ether oxygens (including phenoxy) is 2. The molecule has 4 saturated heterocycles. The molecular formula is C60H92Cl2N8O8S2. The predicted molar refractivity (Wildman–Crippen MR) is 323 cm³/mol. The van der Waals surface area contributed by atoms with Gasteiger partial charge < -0.3 is 51.2 Å². The van der Waals surface area contributed by atoms with Crippen LogP contribution in [0.5, 0.6) is 0 Å².